The standard InChI is InChI=1S/C18H30N2/c1-4-11-19-18-10-12-20(16(3)13-18)14-15(2)17-8-6-5-7-9-17/h5-9,15-16,18-19H,4,10-14H2,1-3H3. The van der Waals surface area contributed by atoms with Crippen LogP contribution in [0.2, 0.25) is 0 Å². The predicted molar refractivity (Wildman–Crippen MR) is 87.2 cm³/mol. The first-order valence-corrected chi connectivity index (χ1v) is 8.23. The number of hydrogen-bond acceptors (Lipinski definition) is 2. The SMILES string of the molecule is CCCNC1CCN(CC(C)c2ccccc2)C(C)C1. The Morgan fingerprint density at radius 3 is 2.70 bits per heavy atom. The second kappa shape index (κ2) is 7.80. The fourth-order valence-electron chi connectivity index (χ4n) is 3.26. The van der Waals surface area contributed by atoms with Gasteiger partial charge in [-0.3, -0.25) is 4.90 Å². The molecule has 1 heterocycles. The van der Waals surface area contributed by atoms with Gasteiger partial charge in [-0.25, -0.2) is 0 Å². The fraction of sp³-hybridized carbons (Fsp3) is 0.667. The van der Waals surface area contributed by atoms with Crippen LogP contribution in [-0.2, 0) is 0 Å². The lowest BCUT2D eigenvalue weighted by atomic mass is 9.94. The predicted octanol–water partition coefficient (Wildman–Crippen LogP) is 3.64. The summed E-state index contributed by atoms with van der Waals surface area (Å²) in [5.74, 6) is 0.624. The molecule has 0 bridgehead atoms. The lowest BCUT2D eigenvalue weighted by Gasteiger charge is -2.39. The van der Waals surface area contributed by atoms with E-state index in [-0.39, 0.29) is 0 Å². The van der Waals surface area contributed by atoms with Crippen molar-refractivity contribution in [2.24, 2.45) is 0 Å². The molecule has 2 heteroatoms. The van der Waals surface area contributed by atoms with E-state index in [4.69, 9.17) is 0 Å². The van der Waals surface area contributed by atoms with E-state index in [1.165, 1.54) is 37.9 Å². The Hall–Kier alpha value is -0.860. The summed E-state index contributed by atoms with van der Waals surface area (Å²) in [6.45, 7) is 10.6. The van der Waals surface area contributed by atoms with E-state index in [0.29, 0.717) is 12.0 Å². The molecule has 3 unspecified atom stereocenters. The number of nitrogens with one attached hydrogen (secondary N) is 1. The van der Waals surface area contributed by atoms with Crippen LogP contribution in [0.25, 0.3) is 0 Å². The first kappa shape index (κ1) is 15.5. The first-order chi connectivity index (χ1) is 9.70. The highest BCUT2D eigenvalue weighted by atomic mass is 15.2. The van der Waals surface area contributed by atoms with E-state index in [1.54, 1.807) is 0 Å². The van der Waals surface area contributed by atoms with Gasteiger partial charge in [0.25, 0.3) is 0 Å². The van der Waals surface area contributed by atoms with Gasteiger partial charge in [0.05, 0.1) is 0 Å². The minimum absolute atomic E-state index is 0.624. The molecule has 20 heavy (non-hydrogen) atoms. The molecule has 1 aromatic rings. The number of nitrogens with zero attached hydrogens (tertiary/aromatic N) is 1. The van der Waals surface area contributed by atoms with Gasteiger partial charge in [0.1, 0.15) is 0 Å². The monoisotopic (exact) mass is 274 g/mol. The number of rotatable bonds is 6. The quantitative estimate of drug-likeness (QED) is 0.852. The van der Waals surface area contributed by atoms with E-state index < -0.39 is 0 Å². The van der Waals surface area contributed by atoms with Gasteiger partial charge in [-0.05, 0) is 50.8 Å². The van der Waals surface area contributed by atoms with Crippen molar-refractivity contribution >= 4 is 0 Å². The van der Waals surface area contributed by atoms with E-state index in [1.807, 2.05) is 0 Å². The van der Waals surface area contributed by atoms with Crippen LogP contribution < -0.4 is 5.32 Å². The molecule has 2 rings (SSSR count). The van der Waals surface area contributed by atoms with Gasteiger partial charge in [-0.15, -0.1) is 0 Å². The number of piperidine rings is 1. The largest absolute Gasteiger partial charge is 0.314 e. The van der Waals surface area contributed by atoms with Gasteiger partial charge in [0.15, 0.2) is 0 Å². The van der Waals surface area contributed by atoms with Crippen molar-refractivity contribution in [3.63, 3.8) is 0 Å². The molecule has 0 aliphatic carbocycles. The molecule has 1 fully saturated rings. The topological polar surface area (TPSA) is 15.3 Å². The Labute approximate surface area is 124 Å². The van der Waals surface area contributed by atoms with Crippen LogP contribution in [-0.4, -0.2) is 36.6 Å². The highest BCUT2D eigenvalue weighted by Gasteiger charge is 2.26. The zero-order valence-electron chi connectivity index (χ0n) is 13.3. The molecular weight excluding hydrogens is 244 g/mol. The second-order valence-corrected chi connectivity index (χ2v) is 6.33. The van der Waals surface area contributed by atoms with Gasteiger partial charge in [-0.1, -0.05) is 44.2 Å². The van der Waals surface area contributed by atoms with E-state index in [0.717, 1.165) is 12.6 Å². The molecule has 1 N–H and O–H groups in total. The summed E-state index contributed by atoms with van der Waals surface area (Å²) in [4.78, 5) is 2.67. The molecule has 0 radical (unpaired) electrons. The Morgan fingerprint density at radius 1 is 1.30 bits per heavy atom. The van der Waals surface area contributed by atoms with E-state index in [2.05, 4.69) is 61.3 Å². The molecule has 0 amide bonds. The van der Waals surface area contributed by atoms with Crippen LogP contribution in [0.5, 0.6) is 0 Å². The molecule has 0 saturated carbocycles. The molecule has 1 aliphatic heterocycles. The summed E-state index contributed by atoms with van der Waals surface area (Å²) in [6.07, 6.45) is 3.83. The zero-order valence-corrected chi connectivity index (χ0v) is 13.3. The molecule has 3 atom stereocenters. The van der Waals surface area contributed by atoms with Crippen molar-refractivity contribution < 1.29 is 0 Å². The summed E-state index contributed by atoms with van der Waals surface area (Å²) < 4.78 is 0. The summed E-state index contributed by atoms with van der Waals surface area (Å²) >= 11 is 0. The Balaban J connectivity index is 1.82. The van der Waals surface area contributed by atoms with Gasteiger partial charge in [0, 0.05) is 18.6 Å². The Kier molecular flexibility index (Phi) is 6.06. The maximum absolute atomic E-state index is 3.68. The average molecular weight is 274 g/mol. The molecule has 112 valence electrons. The maximum atomic E-state index is 3.68. The highest BCUT2D eigenvalue weighted by molar-refractivity contribution is 5.19. The average Bonchev–Trinajstić information content (AvgIpc) is 2.48. The molecule has 0 aromatic heterocycles. The molecule has 1 aromatic carbocycles. The second-order valence-electron chi connectivity index (χ2n) is 6.33. The third-order valence-corrected chi connectivity index (χ3v) is 4.57. The smallest absolute Gasteiger partial charge is 0.00940 e. The van der Waals surface area contributed by atoms with Gasteiger partial charge < -0.3 is 5.32 Å². The summed E-state index contributed by atoms with van der Waals surface area (Å²) in [5.41, 5.74) is 1.46. The fourth-order valence-corrected chi connectivity index (χ4v) is 3.26. The van der Waals surface area contributed by atoms with Crippen LogP contribution in [0.4, 0.5) is 0 Å². The highest BCUT2D eigenvalue weighted by Crippen LogP contribution is 2.22. The van der Waals surface area contributed by atoms with E-state index >= 15 is 0 Å². The summed E-state index contributed by atoms with van der Waals surface area (Å²) in [6, 6.07) is 12.3. The Morgan fingerprint density at radius 2 is 2.05 bits per heavy atom. The lowest BCUT2D eigenvalue weighted by Crippen LogP contribution is -2.48. The van der Waals surface area contributed by atoms with Crippen LogP contribution in [0.1, 0.15) is 51.5 Å². The van der Waals surface area contributed by atoms with Crippen molar-refractivity contribution in [3.05, 3.63) is 35.9 Å². The van der Waals surface area contributed by atoms with Crippen molar-refractivity contribution in [2.45, 2.75) is 58.0 Å². The van der Waals surface area contributed by atoms with Crippen molar-refractivity contribution in [1.29, 1.82) is 0 Å². The summed E-state index contributed by atoms with van der Waals surface area (Å²) in [5, 5.41) is 3.68. The Bertz CT molecular complexity index is 376. The molecule has 2 nitrogen and oxygen atoms in total. The zero-order chi connectivity index (χ0) is 14.4. The van der Waals surface area contributed by atoms with Gasteiger partial charge in [0.2, 0.25) is 0 Å². The molecule has 1 aliphatic rings. The maximum Gasteiger partial charge on any atom is 0.00940 e. The van der Waals surface area contributed by atoms with Crippen molar-refractivity contribution in [2.75, 3.05) is 19.6 Å². The minimum atomic E-state index is 0.624. The van der Waals surface area contributed by atoms with Gasteiger partial charge in [-0.2, -0.15) is 0 Å². The van der Waals surface area contributed by atoms with Crippen LogP contribution >= 0.6 is 0 Å². The first-order valence-electron chi connectivity index (χ1n) is 8.23. The van der Waals surface area contributed by atoms with Crippen molar-refractivity contribution in [1.82, 2.24) is 10.2 Å². The number of hydrogen-bond donors (Lipinski definition) is 1. The molecule has 1 saturated heterocycles. The number of likely N-dealkylation sites (tertiary alicyclic amines) is 1. The molecular formula is C18H30N2. The minimum Gasteiger partial charge on any atom is -0.314 e. The van der Waals surface area contributed by atoms with Crippen molar-refractivity contribution in [3.8, 4) is 0 Å². The third-order valence-electron chi connectivity index (χ3n) is 4.57. The number of benzene rings is 1. The van der Waals surface area contributed by atoms with Crippen LogP contribution in [0.3, 0.4) is 0 Å². The lowest BCUT2D eigenvalue weighted by molar-refractivity contribution is 0.130. The summed E-state index contributed by atoms with van der Waals surface area (Å²) in [7, 11) is 0. The van der Waals surface area contributed by atoms with E-state index in [9.17, 15) is 0 Å². The third kappa shape index (κ3) is 4.32. The van der Waals surface area contributed by atoms with Gasteiger partial charge >= 0.3 is 0 Å². The van der Waals surface area contributed by atoms with Crippen LogP contribution in [0.15, 0.2) is 30.3 Å². The normalized spacial score (nSPS) is 25.6. The molecule has 0 spiro atoms. The van der Waals surface area contributed by atoms with Crippen LogP contribution in [0, 0.1) is 0 Å².